The van der Waals surface area contributed by atoms with Crippen LogP contribution in [-0.4, -0.2) is 52.4 Å². The first-order chi connectivity index (χ1) is 10.1. The van der Waals surface area contributed by atoms with E-state index in [4.69, 9.17) is 28.4 Å². The average Bonchev–Trinajstić information content (AvgIpc) is 2.49. The van der Waals surface area contributed by atoms with Crippen LogP contribution in [0.4, 0.5) is 0 Å². The summed E-state index contributed by atoms with van der Waals surface area (Å²) >= 11 is 0. The molecule has 0 aromatic rings. The molecule has 0 aliphatic heterocycles. The predicted molar refractivity (Wildman–Crippen MR) is 79.5 cm³/mol. The van der Waals surface area contributed by atoms with Crippen LogP contribution in [0, 0.1) is 6.10 Å². The summed E-state index contributed by atoms with van der Waals surface area (Å²) in [5.41, 5.74) is 0. The van der Waals surface area contributed by atoms with Gasteiger partial charge in [-0.15, -0.1) is 0 Å². The van der Waals surface area contributed by atoms with E-state index < -0.39 is 12.3 Å². The van der Waals surface area contributed by atoms with Crippen molar-refractivity contribution >= 4 is 0 Å². The molecule has 0 aromatic carbocycles. The Morgan fingerprint density at radius 3 is 1.86 bits per heavy atom. The van der Waals surface area contributed by atoms with Crippen LogP contribution in [0.3, 0.4) is 0 Å². The maximum Gasteiger partial charge on any atom is 0.317 e. The van der Waals surface area contributed by atoms with Gasteiger partial charge in [-0.05, 0) is 34.1 Å². The summed E-state index contributed by atoms with van der Waals surface area (Å²) in [5, 5.41) is 0. The van der Waals surface area contributed by atoms with Crippen molar-refractivity contribution in [3.8, 4) is 0 Å². The second-order valence-electron chi connectivity index (χ2n) is 4.05. The van der Waals surface area contributed by atoms with E-state index in [0.717, 1.165) is 0 Å². The van der Waals surface area contributed by atoms with Crippen LogP contribution in [-0.2, 0) is 28.4 Å². The van der Waals surface area contributed by atoms with Crippen LogP contribution in [0.1, 0.15) is 41.0 Å². The molecule has 0 fully saturated rings. The monoisotopic (exact) mass is 307 g/mol. The lowest BCUT2D eigenvalue weighted by Crippen LogP contribution is -2.47. The number of hydrogen-bond acceptors (Lipinski definition) is 6. The van der Waals surface area contributed by atoms with Crippen molar-refractivity contribution in [2.45, 2.75) is 53.3 Å². The molecule has 127 valence electrons. The summed E-state index contributed by atoms with van der Waals surface area (Å²) in [4.78, 5) is 0. The maximum absolute atomic E-state index is 5.84. The quantitative estimate of drug-likeness (QED) is 0.460. The minimum absolute atomic E-state index is 0.187. The van der Waals surface area contributed by atoms with Gasteiger partial charge in [0.25, 0.3) is 0 Å². The SMILES string of the molecule is CCO[C](CC)C(OC)(OCC)OCC(OCC)OCC. The van der Waals surface area contributed by atoms with E-state index in [2.05, 4.69) is 0 Å². The van der Waals surface area contributed by atoms with Crippen molar-refractivity contribution in [3.05, 3.63) is 6.10 Å². The Labute approximate surface area is 129 Å². The summed E-state index contributed by atoms with van der Waals surface area (Å²) in [7, 11) is 1.53. The molecule has 21 heavy (non-hydrogen) atoms. The molecule has 0 aliphatic rings. The van der Waals surface area contributed by atoms with Crippen molar-refractivity contribution in [3.63, 3.8) is 0 Å². The van der Waals surface area contributed by atoms with E-state index in [1.54, 1.807) is 0 Å². The molecular weight excluding hydrogens is 276 g/mol. The lowest BCUT2D eigenvalue weighted by molar-refractivity contribution is -0.391. The van der Waals surface area contributed by atoms with Crippen LogP contribution >= 0.6 is 0 Å². The Morgan fingerprint density at radius 2 is 1.48 bits per heavy atom. The molecule has 0 rings (SSSR count). The highest BCUT2D eigenvalue weighted by molar-refractivity contribution is 4.89. The van der Waals surface area contributed by atoms with Gasteiger partial charge in [-0.2, -0.15) is 0 Å². The number of methoxy groups -OCH3 is 1. The lowest BCUT2D eigenvalue weighted by Gasteiger charge is -2.37. The number of rotatable bonds is 14. The first kappa shape index (κ1) is 20.8. The zero-order valence-corrected chi connectivity index (χ0v) is 14.3. The second-order valence-corrected chi connectivity index (χ2v) is 4.05. The van der Waals surface area contributed by atoms with Gasteiger partial charge in [-0.1, -0.05) is 6.92 Å². The third kappa shape index (κ3) is 7.04. The highest BCUT2D eigenvalue weighted by atomic mass is 16.9. The van der Waals surface area contributed by atoms with Gasteiger partial charge in [0.15, 0.2) is 12.4 Å². The molecule has 1 unspecified atom stereocenters. The molecule has 0 aromatic heterocycles. The van der Waals surface area contributed by atoms with E-state index in [1.807, 2.05) is 34.6 Å². The van der Waals surface area contributed by atoms with Gasteiger partial charge in [-0.3, -0.25) is 0 Å². The molecule has 6 nitrogen and oxygen atoms in total. The largest absolute Gasteiger partial charge is 0.363 e. The van der Waals surface area contributed by atoms with Gasteiger partial charge in [-0.25, -0.2) is 0 Å². The molecule has 1 atom stereocenters. The molecule has 0 saturated heterocycles. The minimum atomic E-state index is -1.33. The van der Waals surface area contributed by atoms with Crippen molar-refractivity contribution in [2.24, 2.45) is 0 Å². The standard InChI is InChI=1S/C15H31O6/c1-7-13(17-8-2)15(16-6,20-11-5)21-12-14(18-9-3)19-10-4/h14H,7-12H2,1-6H3. The van der Waals surface area contributed by atoms with Crippen LogP contribution < -0.4 is 0 Å². The molecule has 0 heterocycles. The van der Waals surface area contributed by atoms with Crippen LogP contribution in [0.25, 0.3) is 0 Å². The number of ether oxygens (including phenoxy) is 6. The topological polar surface area (TPSA) is 55.4 Å². The van der Waals surface area contributed by atoms with Crippen LogP contribution in [0.5, 0.6) is 0 Å². The van der Waals surface area contributed by atoms with Gasteiger partial charge in [0.05, 0.1) is 0 Å². The van der Waals surface area contributed by atoms with Crippen LogP contribution in [0.2, 0.25) is 0 Å². The van der Waals surface area contributed by atoms with Crippen molar-refractivity contribution in [2.75, 3.05) is 40.1 Å². The van der Waals surface area contributed by atoms with Gasteiger partial charge < -0.3 is 28.4 Å². The normalized spacial score (nSPS) is 14.9. The molecule has 0 aliphatic carbocycles. The fraction of sp³-hybridized carbons (Fsp3) is 0.933. The Hall–Kier alpha value is -0.240. The summed E-state index contributed by atoms with van der Waals surface area (Å²) in [6.07, 6.45) is 0.756. The average molecular weight is 307 g/mol. The number of hydrogen-bond donors (Lipinski definition) is 0. The smallest absolute Gasteiger partial charge is 0.317 e. The third-order valence-corrected chi connectivity index (χ3v) is 2.70. The van der Waals surface area contributed by atoms with Gasteiger partial charge in [0, 0.05) is 33.5 Å². The van der Waals surface area contributed by atoms with Gasteiger partial charge in [0.1, 0.15) is 6.61 Å². The molecular formula is C15H31O6. The van der Waals surface area contributed by atoms with Gasteiger partial charge >= 0.3 is 5.97 Å². The summed E-state index contributed by atoms with van der Waals surface area (Å²) < 4.78 is 33.5. The Morgan fingerprint density at radius 1 is 0.857 bits per heavy atom. The van der Waals surface area contributed by atoms with E-state index >= 15 is 0 Å². The Bertz CT molecular complexity index is 232. The molecule has 0 amide bonds. The third-order valence-electron chi connectivity index (χ3n) is 2.70. The summed E-state index contributed by atoms with van der Waals surface area (Å²) in [5.74, 6) is -1.33. The summed E-state index contributed by atoms with van der Waals surface area (Å²) in [6.45, 7) is 11.8. The molecule has 0 spiro atoms. The fourth-order valence-electron chi connectivity index (χ4n) is 1.90. The molecule has 1 radical (unpaired) electrons. The highest BCUT2D eigenvalue weighted by Gasteiger charge is 2.43. The maximum atomic E-state index is 5.84. The molecule has 0 saturated carbocycles. The zero-order chi connectivity index (χ0) is 16.1. The molecule has 6 heteroatoms. The van der Waals surface area contributed by atoms with Crippen molar-refractivity contribution < 1.29 is 28.4 Å². The van der Waals surface area contributed by atoms with E-state index in [9.17, 15) is 0 Å². The first-order valence-electron chi connectivity index (χ1n) is 7.69. The predicted octanol–water partition coefficient (Wildman–Crippen LogP) is 2.72. The molecule has 0 N–H and O–H groups in total. The van der Waals surface area contributed by atoms with E-state index in [1.165, 1.54) is 7.11 Å². The van der Waals surface area contributed by atoms with Crippen LogP contribution in [0.15, 0.2) is 0 Å². The lowest BCUT2D eigenvalue weighted by atomic mass is 10.2. The minimum Gasteiger partial charge on any atom is -0.363 e. The van der Waals surface area contributed by atoms with Crippen molar-refractivity contribution in [1.29, 1.82) is 0 Å². The molecule has 0 bridgehead atoms. The van der Waals surface area contributed by atoms with E-state index in [-0.39, 0.29) is 6.61 Å². The highest BCUT2D eigenvalue weighted by Crippen LogP contribution is 2.31. The van der Waals surface area contributed by atoms with E-state index in [0.29, 0.717) is 39.0 Å². The first-order valence-corrected chi connectivity index (χ1v) is 7.69. The Kier molecular flexibility index (Phi) is 12.2. The fourth-order valence-corrected chi connectivity index (χ4v) is 1.90. The Balaban J connectivity index is 4.86. The zero-order valence-electron chi connectivity index (χ0n) is 14.3. The van der Waals surface area contributed by atoms with Gasteiger partial charge in [0.2, 0.25) is 0 Å². The summed E-state index contributed by atoms with van der Waals surface area (Å²) in [6, 6.07) is 0. The van der Waals surface area contributed by atoms with Crippen molar-refractivity contribution in [1.82, 2.24) is 0 Å². The second kappa shape index (κ2) is 12.3.